The van der Waals surface area contributed by atoms with Crippen molar-refractivity contribution < 1.29 is 5.11 Å². The number of rotatable bonds is 1. The van der Waals surface area contributed by atoms with Crippen molar-refractivity contribution >= 4 is 11.3 Å². The molecule has 2 aromatic heterocycles. The number of fused-ring (bicyclic) bond motifs is 1. The third-order valence-electron chi connectivity index (χ3n) is 1.87. The zero-order chi connectivity index (χ0) is 10.1. The van der Waals surface area contributed by atoms with E-state index in [0.29, 0.717) is 5.69 Å². The van der Waals surface area contributed by atoms with Crippen molar-refractivity contribution in [2.75, 3.05) is 12.4 Å². The second-order valence-corrected chi connectivity index (χ2v) is 2.70. The van der Waals surface area contributed by atoms with Gasteiger partial charge in [-0.25, -0.2) is 14.4 Å². The zero-order valence-corrected chi connectivity index (χ0v) is 7.43. The van der Waals surface area contributed by atoms with E-state index >= 15 is 0 Å². The number of hydrogen-bond acceptors (Lipinski definition) is 5. The molecule has 0 unspecified atom stereocenters. The average molecular weight is 192 g/mol. The van der Waals surface area contributed by atoms with E-state index < -0.39 is 0 Å². The Hall–Kier alpha value is -2.11. The minimum Gasteiger partial charge on any atom is -0.503 e. The van der Waals surface area contributed by atoms with E-state index in [9.17, 15) is 9.90 Å². The SMILES string of the molecule is CNc1cnc2c(O)cncn2c1=O. The molecular formula is C8H8N4O2. The fourth-order valence-corrected chi connectivity index (χ4v) is 1.17. The fourth-order valence-electron chi connectivity index (χ4n) is 1.17. The summed E-state index contributed by atoms with van der Waals surface area (Å²) in [6.45, 7) is 0. The molecule has 72 valence electrons. The summed E-state index contributed by atoms with van der Waals surface area (Å²) in [4.78, 5) is 19.2. The minimum atomic E-state index is -0.291. The molecule has 0 bridgehead atoms. The summed E-state index contributed by atoms with van der Waals surface area (Å²) in [5.74, 6) is -0.118. The Morgan fingerprint density at radius 3 is 3.00 bits per heavy atom. The van der Waals surface area contributed by atoms with Crippen LogP contribution < -0.4 is 10.9 Å². The van der Waals surface area contributed by atoms with Crippen LogP contribution in [0, 0.1) is 0 Å². The summed E-state index contributed by atoms with van der Waals surface area (Å²) in [6, 6.07) is 0. The Morgan fingerprint density at radius 2 is 2.29 bits per heavy atom. The first-order chi connectivity index (χ1) is 6.74. The van der Waals surface area contributed by atoms with E-state index in [4.69, 9.17) is 0 Å². The van der Waals surface area contributed by atoms with Crippen molar-refractivity contribution in [3.63, 3.8) is 0 Å². The maximum atomic E-state index is 11.6. The van der Waals surface area contributed by atoms with Crippen LogP contribution in [0.5, 0.6) is 5.75 Å². The molecular weight excluding hydrogens is 184 g/mol. The Morgan fingerprint density at radius 1 is 1.50 bits per heavy atom. The van der Waals surface area contributed by atoms with E-state index in [1.54, 1.807) is 7.05 Å². The van der Waals surface area contributed by atoms with E-state index in [-0.39, 0.29) is 17.0 Å². The minimum absolute atomic E-state index is 0.118. The van der Waals surface area contributed by atoms with Gasteiger partial charge in [-0.3, -0.25) is 4.79 Å². The van der Waals surface area contributed by atoms with Gasteiger partial charge in [0.2, 0.25) is 0 Å². The highest BCUT2D eigenvalue weighted by Crippen LogP contribution is 2.11. The van der Waals surface area contributed by atoms with E-state index in [0.717, 1.165) is 0 Å². The molecule has 2 aromatic rings. The molecule has 0 saturated carbocycles. The predicted molar refractivity (Wildman–Crippen MR) is 50.5 cm³/mol. The lowest BCUT2D eigenvalue weighted by Gasteiger charge is -2.03. The normalized spacial score (nSPS) is 10.4. The van der Waals surface area contributed by atoms with Crippen LogP contribution in [0.4, 0.5) is 5.69 Å². The van der Waals surface area contributed by atoms with E-state index in [1.165, 1.54) is 23.1 Å². The van der Waals surface area contributed by atoms with Crippen molar-refractivity contribution in [2.24, 2.45) is 0 Å². The van der Waals surface area contributed by atoms with Crippen molar-refractivity contribution in [1.82, 2.24) is 14.4 Å². The van der Waals surface area contributed by atoms with Crippen molar-refractivity contribution in [2.45, 2.75) is 0 Å². The molecule has 2 N–H and O–H groups in total. The van der Waals surface area contributed by atoms with Crippen LogP contribution in [-0.2, 0) is 0 Å². The van der Waals surface area contributed by atoms with Crippen LogP contribution in [0.2, 0.25) is 0 Å². The van der Waals surface area contributed by atoms with Gasteiger partial charge >= 0.3 is 0 Å². The first-order valence-corrected chi connectivity index (χ1v) is 3.96. The predicted octanol–water partition coefficient (Wildman–Crippen LogP) is -0.163. The Labute approximate surface area is 78.9 Å². The number of anilines is 1. The van der Waals surface area contributed by atoms with Gasteiger partial charge in [0.05, 0.1) is 12.4 Å². The summed E-state index contributed by atoms with van der Waals surface area (Å²) in [5, 5.41) is 12.1. The van der Waals surface area contributed by atoms with Crippen LogP contribution in [0.15, 0.2) is 23.5 Å². The molecule has 0 atom stereocenters. The second kappa shape index (κ2) is 2.99. The molecule has 0 aliphatic rings. The van der Waals surface area contributed by atoms with Gasteiger partial charge in [-0.1, -0.05) is 0 Å². The fraction of sp³-hybridized carbons (Fsp3) is 0.125. The number of aromatic nitrogens is 3. The van der Waals surface area contributed by atoms with Crippen molar-refractivity contribution in [3.05, 3.63) is 29.1 Å². The zero-order valence-electron chi connectivity index (χ0n) is 7.43. The van der Waals surface area contributed by atoms with Gasteiger partial charge in [-0.2, -0.15) is 0 Å². The average Bonchev–Trinajstić information content (AvgIpc) is 2.20. The van der Waals surface area contributed by atoms with Crippen LogP contribution >= 0.6 is 0 Å². The van der Waals surface area contributed by atoms with E-state index in [1.807, 2.05) is 0 Å². The standard InChI is InChI=1S/C8H8N4O2/c1-9-5-2-11-7-6(13)3-10-4-12(7)8(5)14/h2-4,9,13H,1H3. The lowest BCUT2D eigenvalue weighted by atomic mass is 10.4. The highest BCUT2D eigenvalue weighted by molar-refractivity contribution is 5.53. The first kappa shape index (κ1) is 8.49. The largest absolute Gasteiger partial charge is 0.503 e. The van der Waals surface area contributed by atoms with Gasteiger partial charge in [-0.05, 0) is 0 Å². The van der Waals surface area contributed by atoms with Gasteiger partial charge in [0, 0.05) is 7.05 Å². The summed E-state index contributed by atoms with van der Waals surface area (Å²) in [6.07, 6.45) is 3.92. The van der Waals surface area contributed by atoms with Crippen LogP contribution in [0.3, 0.4) is 0 Å². The molecule has 14 heavy (non-hydrogen) atoms. The smallest absolute Gasteiger partial charge is 0.282 e. The third-order valence-corrected chi connectivity index (χ3v) is 1.87. The summed E-state index contributed by atoms with van der Waals surface area (Å²) in [7, 11) is 1.63. The molecule has 6 heteroatoms. The molecule has 0 aromatic carbocycles. The number of aromatic hydroxyl groups is 1. The molecule has 0 aliphatic carbocycles. The highest BCUT2D eigenvalue weighted by Gasteiger charge is 2.05. The monoisotopic (exact) mass is 192 g/mol. The highest BCUT2D eigenvalue weighted by atomic mass is 16.3. The molecule has 6 nitrogen and oxygen atoms in total. The first-order valence-electron chi connectivity index (χ1n) is 3.96. The topological polar surface area (TPSA) is 79.5 Å². The van der Waals surface area contributed by atoms with Crippen LogP contribution in [-0.4, -0.2) is 26.5 Å². The van der Waals surface area contributed by atoms with Crippen LogP contribution in [0.25, 0.3) is 5.65 Å². The van der Waals surface area contributed by atoms with Gasteiger partial charge in [0.1, 0.15) is 12.0 Å². The quantitative estimate of drug-likeness (QED) is 0.656. The molecule has 2 rings (SSSR count). The third kappa shape index (κ3) is 1.08. The van der Waals surface area contributed by atoms with Crippen molar-refractivity contribution in [3.8, 4) is 5.75 Å². The van der Waals surface area contributed by atoms with Crippen molar-refractivity contribution in [1.29, 1.82) is 0 Å². The maximum Gasteiger partial charge on any atom is 0.282 e. The molecule has 0 fully saturated rings. The second-order valence-electron chi connectivity index (χ2n) is 2.70. The van der Waals surface area contributed by atoms with Gasteiger partial charge < -0.3 is 10.4 Å². The number of hydrogen-bond donors (Lipinski definition) is 2. The lowest BCUT2D eigenvalue weighted by Crippen LogP contribution is -2.18. The van der Waals surface area contributed by atoms with Gasteiger partial charge in [0.15, 0.2) is 11.4 Å². The molecule has 0 radical (unpaired) electrons. The Balaban J connectivity index is 2.91. The van der Waals surface area contributed by atoms with Crippen LogP contribution in [0.1, 0.15) is 0 Å². The molecule has 0 aliphatic heterocycles. The summed E-state index contributed by atoms with van der Waals surface area (Å²) >= 11 is 0. The number of nitrogens with one attached hydrogen (secondary N) is 1. The molecule has 0 saturated heterocycles. The maximum absolute atomic E-state index is 11.6. The molecule has 0 spiro atoms. The van der Waals surface area contributed by atoms with E-state index in [2.05, 4.69) is 15.3 Å². The van der Waals surface area contributed by atoms with Gasteiger partial charge in [0.25, 0.3) is 5.56 Å². The summed E-state index contributed by atoms with van der Waals surface area (Å²) < 4.78 is 1.18. The lowest BCUT2D eigenvalue weighted by molar-refractivity contribution is 0.473. The summed E-state index contributed by atoms with van der Waals surface area (Å²) in [5.41, 5.74) is 0.264. The van der Waals surface area contributed by atoms with Gasteiger partial charge in [-0.15, -0.1) is 0 Å². The Kier molecular flexibility index (Phi) is 1.81. The molecule has 2 heterocycles. The Bertz CT molecular complexity index is 534. The molecule has 0 amide bonds. The number of nitrogens with zero attached hydrogens (tertiary/aromatic N) is 3.